The third kappa shape index (κ3) is 4.59. The lowest BCUT2D eigenvalue weighted by Gasteiger charge is -2.37. The van der Waals surface area contributed by atoms with Crippen LogP contribution in [0.1, 0.15) is 42.8 Å². The number of rotatable bonds is 6. The molecule has 31 heavy (non-hydrogen) atoms. The Balaban J connectivity index is 1.97. The molecule has 2 N–H and O–H groups in total. The molecule has 0 bridgehead atoms. The molecule has 12 heteroatoms. The van der Waals surface area contributed by atoms with Gasteiger partial charge in [0.15, 0.2) is 9.84 Å². The Labute approximate surface area is 176 Å². The van der Waals surface area contributed by atoms with Crippen molar-refractivity contribution in [2.24, 2.45) is 5.73 Å². The highest BCUT2D eigenvalue weighted by Gasteiger charge is 2.46. The molecule has 1 amide bonds. The molecule has 2 heterocycles. The molecular formula is C19H21F4N3O4S. The number of carbonyl (C=O) groups excluding carboxylic acids is 1. The van der Waals surface area contributed by atoms with E-state index in [-0.39, 0.29) is 37.4 Å². The van der Waals surface area contributed by atoms with Crippen LogP contribution in [0.5, 0.6) is 0 Å². The fraction of sp³-hybridized carbons (Fsp3) is 0.474. The van der Waals surface area contributed by atoms with E-state index in [1.54, 1.807) is 0 Å². The fourth-order valence-corrected chi connectivity index (χ4v) is 5.45. The number of carbonyl (C=O) groups is 1. The minimum Gasteiger partial charge on any atom is -0.372 e. The molecule has 3 rings (SSSR count). The normalized spacial score (nSPS) is 22.4. The average Bonchev–Trinajstić information content (AvgIpc) is 3.09. The molecule has 1 aliphatic heterocycles. The largest absolute Gasteiger partial charge is 0.416 e. The van der Waals surface area contributed by atoms with Crippen LogP contribution in [0.2, 0.25) is 0 Å². The maximum absolute atomic E-state index is 13.3. The SMILES string of the molecule is CC1(S(=O)(=O)c2cccc(C(F)(F)F)c2)CCOC(c2cc(CF)nn2CC(N)=O)C1. The summed E-state index contributed by atoms with van der Waals surface area (Å²) in [7, 11) is -4.20. The van der Waals surface area contributed by atoms with Crippen molar-refractivity contribution in [2.75, 3.05) is 6.61 Å². The zero-order chi connectivity index (χ0) is 23.0. The number of sulfone groups is 1. The highest BCUT2D eigenvalue weighted by atomic mass is 32.2. The third-order valence-corrected chi connectivity index (χ3v) is 7.86. The van der Waals surface area contributed by atoms with Crippen molar-refractivity contribution in [3.8, 4) is 0 Å². The smallest absolute Gasteiger partial charge is 0.372 e. The number of hydrogen-bond acceptors (Lipinski definition) is 5. The number of alkyl halides is 4. The van der Waals surface area contributed by atoms with E-state index in [9.17, 15) is 30.8 Å². The van der Waals surface area contributed by atoms with Gasteiger partial charge in [0.2, 0.25) is 5.91 Å². The van der Waals surface area contributed by atoms with Crippen molar-refractivity contribution >= 4 is 15.7 Å². The maximum Gasteiger partial charge on any atom is 0.416 e. The molecule has 170 valence electrons. The molecule has 2 aromatic rings. The Morgan fingerprint density at radius 2 is 2.06 bits per heavy atom. The van der Waals surface area contributed by atoms with E-state index in [4.69, 9.17) is 10.5 Å². The van der Waals surface area contributed by atoms with Gasteiger partial charge in [-0.05, 0) is 44.0 Å². The fourth-order valence-electron chi connectivity index (χ4n) is 3.61. The summed E-state index contributed by atoms with van der Waals surface area (Å²) in [6.07, 6.45) is -5.63. The lowest BCUT2D eigenvalue weighted by molar-refractivity contribution is -0.137. The van der Waals surface area contributed by atoms with Gasteiger partial charge >= 0.3 is 6.18 Å². The molecule has 0 saturated carbocycles. The molecule has 0 aliphatic carbocycles. The number of nitrogens with zero attached hydrogens (tertiary/aromatic N) is 2. The Bertz CT molecular complexity index is 1080. The first-order valence-electron chi connectivity index (χ1n) is 9.32. The van der Waals surface area contributed by atoms with Gasteiger partial charge in [0.1, 0.15) is 19.3 Å². The molecule has 1 aromatic carbocycles. The molecule has 1 aliphatic rings. The summed E-state index contributed by atoms with van der Waals surface area (Å²) in [5.41, 5.74) is 4.43. The van der Waals surface area contributed by atoms with Crippen LogP contribution in [0.4, 0.5) is 17.6 Å². The molecular weight excluding hydrogens is 442 g/mol. The van der Waals surface area contributed by atoms with Crippen molar-refractivity contribution < 1.29 is 35.5 Å². The number of aromatic nitrogens is 2. The van der Waals surface area contributed by atoms with Crippen LogP contribution < -0.4 is 5.73 Å². The van der Waals surface area contributed by atoms with Gasteiger partial charge in [-0.3, -0.25) is 9.48 Å². The van der Waals surface area contributed by atoms with E-state index in [0.29, 0.717) is 6.07 Å². The summed E-state index contributed by atoms with van der Waals surface area (Å²) in [5, 5.41) is 3.94. The summed E-state index contributed by atoms with van der Waals surface area (Å²) in [5.74, 6) is -0.732. The van der Waals surface area contributed by atoms with Gasteiger partial charge in [0, 0.05) is 6.61 Å². The summed E-state index contributed by atoms with van der Waals surface area (Å²) in [4.78, 5) is 10.9. The lowest BCUT2D eigenvalue weighted by atomic mass is 9.94. The monoisotopic (exact) mass is 463 g/mol. The standard InChI is InChI=1S/C19H21F4N3O4S/c1-18(31(28,29)14-4-2-3-12(7-14)19(21,22)23)5-6-30-16(9-18)15-8-13(10-20)25-26(15)11-17(24)27/h2-4,7-8,16H,5-6,9-11H2,1H3,(H2,24,27). The van der Waals surface area contributed by atoms with Gasteiger partial charge in [0.25, 0.3) is 0 Å². The van der Waals surface area contributed by atoms with Gasteiger partial charge in [-0.25, -0.2) is 12.8 Å². The van der Waals surface area contributed by atoms with Gasteiger partial charge < -0.3 is 10.5 Å². The van der Waals surface area contributed by atoms with Crippen LogP contribution in [0.3, 0.4) is 0 Å². The number of ether oxygens (including phenoxy) is 1. The zero-order valence-corrected chi connectivity index (χ0v) is 17.3. The molecule has 0 spiro atoms. The van der Waals surface area contributed by atoms with Crippen LogP contribution in [0.15, 0.2) is 35.2 Å². The second kappa shape index (κ2) is 8.23. The predicted octanol–water partition coefficient (Wildman–Crippen LogP) is 2.94. The van der Waals surface area contributed by atoms with Gasteiger partial charge in [0.05, 0.1) is 26.6 Å². The minimum absolute atomic E-state index is 0.00787. The molecule has 2 atom stereocenters. The first kappa shape index (κ1) is 23.2. The predicted molar refractivity (Wildman–Crippen MR) is 101 cm³/mol. The minimum atomic E-state index is -4.69. The Morgan fingerprint density at radius 3 is 2.68 bits per heavy atom. The number of benzene rings is 1. The van der Waals surface area contributed by atoms with Crippen molar-refractivity contribution in [2.45, 2.75) is 54.9 Å². The lowest BCUT2D eigenvalue weighted by Crippen LogP contribution is -2.42. The summed E-state index contributed by atoms with van der Waals surface area (Å²) in [6, 6.07) is 4.94. The number of primary amides is 1. The maximum atomic E-state index is 13.3. The quantitative estimate of drug-likeness (QED) is 0.664. The highest BCUT2D eigenvalue weighted by molar-refractivity contribution is 7.92. The molecule has 1 fully saturated rings. The molecule has 2 unspecified atom stereocenters. The van der Waals surface area contributed by atoms with E-state index < -0.39 is 49.9 Å². The van der Waals surface area contributed by atoms with Crippen LogP contribution in [0.25, 0.3) is 0 Å². The first-order valence-corrected chi connectivity index (χ1v) is 10.8. The van der Waals surface area contributed by atoms with E-state index in [1.807, 2.05) is 0 Å². The van der Waals surface area contributed by atoms with Crippen LogP contribution in [-0.2, 0) is 38.8 Å². The summed E-state index contributed by atoms with van der Waals surface area (Å²) >= 11 is 0. The second-order valence-corrected chi connectivity index (χ2v) is 10.1. The van der Waals surface area contributed by atoms with E-state index in [0.717, 1.165) is 22.9 Å². The second-order valence-electron chi connectivity index (χ2n) is 7.61. The molecule has 1 saturated heterocycles. The summed E-state index contributed by atoms with van der Waals surface area (Å²) in [6.45, 7) is 0.159. The van der Waals surface area contributed by atoms with Crippen LogP contribution in [-0.4, -0.2) is 35.5 Å². The number of nitrogens with two attached hydrogens (primary N) is 1. The molecule has 7 nitrogen and oxygen atoms in total. The van der Waals surface area contributed by atoms with E-state index in [1.165, 1.54) is 13.0 Å². The van der Waals surface area contributed by atoms with E-state index >= 15 is 0 Å². The summed E-state index contributed by atoms with van der Waals surface area (Å²) < 4.78 is 84.3. The number of hydrogen-bond donors (Lipinski definition) is 1. The Kier molecular flexibility index (Phi) is 6.16. The zero-order valence-electron chi connectivity index (χ0n) is 16.5. The van der Waals surface area contributed by atoms with Crippen molar-refractivity contribution in [3.05, 3.63) is 47.3 Å². The molecule has 0 radical (unpaired) electrons. The van der Waals surface area contributed by atoms with Crippen molar-refractivity contribution in [1.29, 1.82) is 0 Å². The average molecular weight is 463 g/mol. The topological polar surface area (TPSA) is 104 Å². The van der Waals surface area contributed by atoms with Crippen LogP contribution >= 0.6 is 0 Å². The van der Waals surface area contributed by atoms with Gasteiger partial charge in [-0.15, -0.1) is 0 Å². The van der Waals surface area contributed by atoms with Crippen molar-refractivity contribution in [3.63, 3.8) is 0 Å². The number of amides is 1. The van der Waals surface area contributed by atoms with E-state index in [2.05, 4.69) is 5.10 Å². The highest BCUT2D eigenvalue weighted by Crippen LogP contribution is 2.43. The van der Waals surface area contributed by atoms with Gasteiger partial charge in [-0.1, -0.05) is 6.07 Å². The Hall–Kier alpha value is -2.47. The first-order chi connectivity index (χ1) is 14.4. The number of halogens is 4. The van der Waals surface area contributed by atoms with Crippen molar-refractivity contribution in [1.82, 2.24) is 9.78 Å². The molecule has 1 aromatic heterocycles. The van der Waals surface area contributed by atoms with Crippen LogP contribution in [0, 0.1) is 0 Å². The third-order valence-electron chi connectivity index (χ3n) is 5.32. The van der Waals surface area contributed by atoms with Gasteiger partial charge in [-0.2, -0.15) is 18.3 Å². The Morgan fingerprint density at radius 1 is 1.35 bits per heavy atom.